The van der Waals surface area contributed by atoms with Crippen molar-refractivity contribution in [3.05, 3.63) is 59.4 Å². The summed E-state index contributed by atoms with van der Waals surface area (Å²) >= 11 is 0. The predicted octanol–water partition coefficient (Wildman–Crippen LogP) is 3.87. The van der Waals surface area contributed by atoms with Gasteiger partial charge in [0.05, 0.1) is 33.0 Å². The van der Waals surface area contributed by atoms with Crippen LogP contribution in [0, 0.1) is 11.7 Å². The molecule has 3 atom stereocenters. The van der Waals surface area contributed by atoms with E-state index in [4.69, 9.17) is 14.2 Å². The van der Waals surface area contributed by atoms with Gasteiger partial charge in [-0.1, -0.05) is 18.2 Å². The van der Waals surface area contributed by atoms with Crippen LogP contribution >= 0.6 is 0 Å². The SMILES string of the molecule is COc1ccc([C@H](c2ccc(F)cc2)C2CCN(C(=O)N3CC[C@@H]4OCCN[C@@H]4C3)CC2)cc1OC. The van der Waals surface area contributed by atoms with E-state index in [1.807, 2.05) is 34.1 Å². The molecular weight excluding hydrogens is 461 g/mol. The molecule has 0 spiro atoms. The molecule has 0 radical (unpaired) electrons. The van der Waals surface area contributed by atoms with Crippen LogP contribution < -0.4 is 14.8 Å². The lowest BCUT2D eigenvalue weighted by molar-refractivity contribution is -0.0383. The van der Waals surface area contributed by atoms with E-state index in [1.54, 1.807) is 14.2 Å². The molecule has 7 nitrogen and oxygen atoms in total. The van der Waals surface area contributed by atoms with Gasteiger partial charge in [0, 0.05) is 38.6 Å². The number of ether oxygens (including phenoxy) is 3. The van der Waals surface area contributed by atoms with Crippen molar-refractivity contribution >= 4 is 6.03 Å². The first kappa shape index (κ1) is 24.8. The Kier molecular flexibility index (Phi) is 7.62. The van der Waals surface area contributed by atoms with Crippen LogP contribution in [-0.2, 0) is 4.74 Å². The standard InChI is InChI=1S/C28H36FN3O4/c1-34-25-8-5-21(17-26(25)35-2)27(19-3-6-22(29)7-4-19)20-9-13-31(14-10-20)28(33)32-15-11-24-23(18-32)30-12-16-36-24/h3-8,17,20,23-24,27,30H,9-16,18H2,1-2H3/t23-,24+,27-/m1/s1. The Balaban J connectivity index is 1.30. The first-order valence-electron chi connectivity index (χ1n) is 12.9. The third-order valence-electron chi connectivity index (χ3n) is 7.94. The van der Waals surface area contributed by atoms with Gasteiger partial charge in [-0.15, -0.1) is 0 Å². The quantitative estimate of drug-likeness (QED) is 0.680. The normalized spacial score (nSPS) is 23.6. The molecule has 1 N–H and O–H groups in total. The number of likely N-dealkylation sites (tertiary alicyclic amines) is 2. The molecule has 3 heterocycles. The van der Waals surface area contributed by atoms with Gasteiger partial charge < -0.3 is 29.3 Å². The largest absolute Gasteiger partial charge is 0.493 e. The fourth-order valence-electron chi connectivity index (χ4n) is 6.03. The number of rotatable bonds is 5. The summed E-state index contributed by atoms with van der Waals surface area (Å²) in [5.74, 6) is 1.50. The van der Waals surface area contributed by atoms with Crippen molar-refractivity contribution in [1.29, 1.82) is 0 Å². The van der Waals surface area contributed by atoms with Crippen molar-refractivity contribution in [3.63, 3.8) is 0 Å². The second-order valence-corrected chi connectivity index (χ2v) is 9.96. The lowest BCUT2D eigenvalue weighted by Gasteiger charge is -2.44. The van der Waals surface area contributed by atoms with E-state index in [-0.39, 0.29) is 29.9 Å². The number of amides is 2. The number of hydrogen-bond acceptors (Lipinski definition) is 5. The van der Waals surface area contributed by atoms with E-state index < -0.39 is 0 Å². The van der Waals surface area contributed by atoms with Crippen molar-refractivity contribution in [1.82, 2.24) is 15.1 Å². The summed E-state index contributed by atoms with van der Waals surface area (Å²) in [4.78, 5) is 17.3. The number of benzene rings is 2. The average molecular weight is 498 g/mol. The third-order valence-corrected chi connectivity index (χ3v) is 7.94. The summed E-state index contributed by atoms with van der Waals surface area (Å²) in [6, 6.07) is 13.2. The Morgan fingerprint density at radius 1 is 0.972 bits per heavy atom. The van der Waals surface area contributed by atoms with Crippen LogP contribution in [0.5, 0.6) is 11.5 Å². The number of carbonyl (C=O) groups excluding carboxylic acids is 1. The van der Waals surface area contributed by atoms with Gasteiger partial charge >= 0.3 is 6.03 Å². The van der Waals surface area contributed by atoms with Gasteiger partial charge in [0.1, 0.15) is 5.82 Å². The molecule has 0 aliphatic carbocycles. The van der Waals surface area contributed by atoms with E-state index in [1.165, 1.54) is 12.1 Å². The number of carbonyl (C=O) groups is 1. The van der Waals surface area contributed by atoms with Crippen molar-refractivity contribution in [3.8, 4) is 11.5 Å². The Hall–Kier alpha value is -2.84. The van der Waals surface area contributed by atoms with E-state index in [9.17, 15) is 9.18 Å². The topological polar surface area (TPSA) is 63.3 Å². The summed E-state index contributed by atoms with van der Waals surface area (Å²) in [6.07, 6.45) is 2.85. The van der Waals surface area contributed by atoms with Crippen molar-refractivity contribution < 1.29 is 23.4 Å². The molecule has 0 saturated carbocycles. The molecule has 0 aromatic heterocycles. The molecule has 194 valence electrons. The van der Waals surface area contributed by atoms with E-state index in [0.29, 0.717) is 37.1 Å². The van der Waals surface area contributed by atoms with Crippen LogP contribution in [0.15, 0.2) is 42.5 Å². The van der Waals surface area contributed by atoms with Gasteiger partial charge in [-0.25, -0.2) is 9.18 Å². The second kappa shape index (κ2) is 11.0. The summed E-state index contributed by atoms with van der Waals surface area (Å²) in [6.45, 7) is 4.46. The van der Waals surface area contributed by atoms with Gasteiger partial charge in [0.2, 0.25) is 0 Å². The zero-order valence-electron chi connectivity index (χ0n) is 21.1. The molecule has 0 unspecified atom stereocenters. The average Bonchev–Trinajstić information content (AvgIpc) is 2.94. The molecule has 3 aliphatic rings. The first-order valence-corrected chi connectivity index (χ1v) is 12.9. The molecule has 2 amide bonds. The number of nitrogens with zero attached hydrogens (tertiary/aromatic N) is 2. The third kappa shape index (κ3) is 5.15. The maximum atomic E-state index is 13.7. The van der Waals surface area contributed by atoms with Crippen molar-refractivity contribution in [2.24, 2.45) is 5.92 Å². The summed E-state index contributed by atoms with van der Waals surface area (Å²) in [7, 11) is 3.26. The van der Waals surface area contributed by atoms with Gasteiger partial charge in [-0.05, 0) is 60.6 Å². The molecule has 5 rings (SSSR count). The number of piperidine rings is 2. The lowest BCUT2D eigenvalue weighted by atomic mass is 9.76. The smallest absolute Gasteiger partial charge is 0.320 e. The number of nitrogens with one attached hydrogen (secondary N) is 1. The summed E-state index contributed by atoms with van der Waals surface area (Å²) < 4.78 is 30.6. The molecule has 8 heteroatoms. The van der Waals surface area contributed by atoms with Gasteiger partial charge in [-0.3, -0.25) is 0 Å². The number of urea groups is 1. The van der Waals surface area contributed by atoms with Crippen LogP contribution in [-0.4, -0.2) is 81.5 Å². The first-order chi connectivity index (χ1) is 17.6. The highest BCUT2D eigenvalue weighted by Crippen LogP contribution is 2.41. The summed E-state index contributed by atoms with van der Waals surface area (Å²) in [5, 5.41) is 3.51. The minimum atomic E-state index is -0.244. The van der Waals surface area contributed by atoms with Crippen LogP contribution in [0.2, 0.25) is 0 Å². The van der Waals surface area contributed by atoms with E-state index in [0.717, 1.165) is 50.1 Å². The monoisotopic (exact) mass is 497 g/mol. The molecule has 3 saturated heterocycles. The number of halogens is 1. The molecule has 36 heavy (non-hydrogen) atoms. The fraction of sp³-hybridized carbons (Fsp3) is 0.536. The molecule has 2 aromatic rings. The Morgan fingerprint density at radius 3 is 2.39 bits per heavy atom. The van der Waals surface area contributed by atoms with Crippen LogP contribution in [0.1, 0.15) is 36.3 Å². The molecule has 3 aliphatic heterocycles. The molecule has 0 bridgehead atoms. The van der Waals surface area contributed by atoms with Gasteiger partial charge in [0.15, 0.2) is 11.5 Å². The minimum Gasteiger partial charge on any atom is -0.493 e. The lowest BCUT2D eigenvalue weighted by Crippen LogP contribution is -2.61. The number of hydrogen-bond donors (Lipinski definition) is 1. The van der Waals surface area contributed by atoms with Gasteiger partial charge in [0.25, 0.3) is 0 Å². The van der Waals surface area contributed by atoms with Crippen molar-refractivity contribution in [2.45, 2.75) is 37.3 Å². The Bertz CT molecular complexity index is 1040. The maximum Gasteiger partial charge on any atom is 0.320 e. The second-order valence-electron chi connectivity index (χ2n) is 9.96. The predicted molar refractivity (Wildman–Crippen MR) is 135 cm³/mol. The summed E-state index contributed by atoms with van der Waals surface area (Å²) in [5.41, 5.74) is 2.17. The number of morpholine rings is 1. The zero-order valence-corrected chi connectivity index (χ0v) is 21.1. The Labute approximate surface area is 212 Å². The minimum absolute atomic E-state index is 0.0713. The number of fused-ring (bicyclic) bond motifs is 1. The van der Waals surface area contributed by atoms with E-state index in [2.05, 4.69) is 11.4 Å². The molecule has 3 fully saturated rings. The van der Waals surface area contributed by atoms with Crippen molar-refractivity contribution in [2.75, 3.05) is 53.6 Å². The highest BCUT2D eigenvalue weighted by Gasteiger charge is 2.37. The highest BCUT2D eigenvalue weighted by molar-refractivity contribution is 5.74. The van der Waals surface area contributed by atoms with Crippen LogP contribution in [0.4, 0.5) is 9.18 Å². The van der Waals surface area contributed by atoms with E-state index >= 15 is 0 Å². The molecule has 2 aromatic carbocycles. The highest BCUT2D eigenvalue weighted by atomic mass is 19.1. The van der Waals surface area contributed by atoms with Gasteiger partial charge in [-0.2, -0.15) is 0 Å². The Morgan fingerprint density at radius 2 is 1.67 bits per heavy atom. The molecular formula is C28H36FN3O4. The fourth-order valence-corrected chi connectivity index (χ4v) is 6.03. The number of methoxy groups -OCH3 is 2. The van der Waals surface area contributed by atoms with Crippen LogP contribution in [0.3, 0.4) is 0 Å². The zero-order chi connectivity index (χ0) is 25.1. The van der Waals surface area contributed by atoms with Crippen LogP contribution in [0.25, 0.3) is 0 Å². The maximum absolute atomic E-state index is 13.7.